The van der Waals surface area contributed by atoms with Gasteiger partial charge in [0.25, 0.3) is 0 Å². The van der Waals surface area contributed by atoms with Crippen LogP contribution < -0.4 is 16.8 Å². The zero-order chi connectivity index (χ0) is 13.4. The van der Waals surface area contributed by atoms with Gasteiger partial charge in [-0.1, -0.05) is 6.92 Å². The van der Waals surface area contributed by atoms with E-state index in [1.54, 1.807) is 6.92 Å². The normalized spacial score (nSPS) is 13.8. The van der Waals surface area contributed by atoms with E-state index < -0.39 is 17.9 Å². The maximum atomic E-state index is 11.5. The zero-order valence-electron chi connectivity index (χ0n) is 9.81. The van der Waals surface area contributed by atoms with Gasteiger partial charge in [0.1, 0.15) is 6.04 Å². The number of amides is 2. The van der Waals surface area contributed by atoms with Gasteiger partial charge in [-0.05, 0) is 19.4 Å². The van der Waals surface area contributed by atoms with Gasteiger partial charge in [0, 0.05) is 12.3 Å². The molecule has 7 nitrogen and oxygen atoms in total. The highest BCUT2D eigenvalue weighted by Crippen LogP contribution is 2.03. The molecule has 0 aromatic heterocycles. The van der Waals surface area contributed by atoms with E-state index >= 15 is 0 Å². The van der Waals surface area contributed by atoms with E-state index in [0.717, 1.165) is 0 Å². The third-order valence-corrected chi connectivity index (χ3v) is 2.34. The third kappa shape index (κ3) is 6.52. The quantitative estimate of drug-likeness (QED) is 0.426. The van der Waals surface area contributed by atoms with E-state index in [4.69, 9.17) is 16.6 Å². The molecule has 0 rings (SSSR count). The number of nitrogens with one attached hydrogen (secondary N) is 1. The van der Waals surface area contributed by atoms with Gasteiger partial charge in [-0.3, -0.25) is 9.59 Å². The first kappa shape index (κ1) is 15.4. The number of rotatable bonds is 8. The van der Waals surface area contributed by atoms with Crippen molar-refractivity contribution in [2.45, 2.75) is 32.2 Å². The van der Waals surface area contributed by atoms with Gasteiger partial charge in [0.15, 0.2) is 0 Å². The SMILES string of the molecule is CC(CCN)C(=O)NC(CCC(N)=O)C(=O)O. The molecule has 98 valence electrons. The highest BCUT2D eigenvalue weighted by molar-refractivity contribution is 5.85. The van der Waals surface area contributed by atoms with Crippen LogP contribution in [0, 0.1) is 5.92 Å². The molecule has 0 aliphatic heterocycles. The lowest BCUT2D eigenvalue weighted by Gasteiger charge is -2.16. The van der Waals surface area contributed by atoms with Crippen LogP contribution in [-0.2, 0) is 14.4 Å². The Labute approximate surface area is 99.5 Å². The van der Waals surface area contributed by atoms with Gasteiger partial charge >= 0.3 is 5.97 Å². The fourth-order valence-electron chi connectivity index (χ4n) is 1.24. The second kappa shape index (κ2) is 7.61. The van der Waals surface area contributed by atoms with Crippen molar-refractivity contribution in [1.82, 2.24) is 5.32 Å². The Kier molecular flexibility index (Phi) is 6.88. The van der Waals surface area contributed by atoms with E-state index in [1.165, 1.54) is 0 Å². The Bertz CT molecular complexity index is 293. The molecule has 17 heavy (non-hydrogen) atoms. The molecular formula is C10H19N3O4. The maximum absolute atomic E-state index is 11.5. The lowest BCUT2D eigenvalue weighted by molar-refractivity contribution is -0.142. The van der Waals surface area contributed by atoms with Crippen LogP contribution >= 0.6 is 0 Å². The van der Waals surface area contributed by atoms with Crippen molar-refractivity contribution >= 4 is 17.8 Å². The second-order valence-electron chi connectivity index (χ2n) is 3.88. The van der Waals surface area contributed by atoms with Crippen LogP contribution in [-0.4, -0.2) is 35.5 Å². The predicted octanol–water partition coefficient (Wildman–Crippen LogP) is -1.19. The van der Waals surface area contributed by atoms with Gasteiger partial charge in [0.05, 0.1) is 0 Å². The van der Waals surface area contributed by atoms with E-state index in [-0.39, 0.29) is 24.7 Å². The third-order valence-electron chi connectivity index (χ3n) is 2.34. The molecule has 0 radical (unpaired) electrons. The van der Waals surface area contributed by atoms with Gasteiger partial charge in [-0.25, -0.2) is 4.79 Å². The van der Waals surface area contributed by atoms with Crippen molar-refractivity contribution in [1.29, 1.82) is 0 Å². The summed E-state index contributed by atoms with van der Waals surface area (Å²) in [5, 5.41) is 11.2. The molecule has 0 saturated heterocycles. The second-order valence-corrected chi connectivity index (χ2v) is 3.88. The summed E-state index contributed by atoms with van der Waals surface area (Å²) >= 11 is 0. The molecule has 2 atom stereocenters. The minimum atomic E-state index is -1.18. The summed E-state index contributed by atoms with van der Waals surface area (Å²) in [5.41, 5.74) is 10.2. The molecule has 0 aliphatic rings. The summed E-state index contributed by atoms with van der Waals surface area (Å²) in [6.07, 6.45) is 0.391. The summed E-state index contributed by atoms with van der Waals surface area (Å²) in [6.45, 7) is 2.02. The molecule has 0 saturated carbocycles. The number of nitrogens with two attached hydrogens (primary N) is 2. The standard InChI is InChI=1S/C10H19N3O4/c1-6(4-5-11)9(15)13-7(10(16)17)2-3-8(12)14/h6-7H,2-5,11H2,1H3,(H2,12,14)(H,13,15)(H,16,17). The number of aliphatic carboxylic acids is 1. The van der Waals surface area contributed by atoms with Crippen molar-refractivity contribution in [2.75, 3.05) is 6.54 Å². The maximum Gasteiger partial charge on any atom is 0.326 e. The zero-order valence-corrected chi connectivity index (χ0v) is 9.81. The number of hydrogen-bond acceptors (Lipinski definition) is 4. The fourth-order valence-corrected chi connectivity index (χ4v) is 1.24. The lowest BCUT2D eigenvalue weighted by atomic mass is 10.1. The van der Waals surface area contributed by atoms with E-state index in [2.05, 4.69) is 5.32 Å². The summed E-state index contributed by atoms with van der Waals surface area (Å²) in [4.78, 5) is 32.9. The molecule has 0 spiro atoms. The Balaban J connectivity index is 4.29. The first-order chi connectivity index (χ1) is 7.88. The number of carboxylic acid groups (broad SMARTS) is 1. The van der Waals surface area contributed by atoms with Gasteiger partial charge in [-0.2, -0.15) is 0 Å². The highest BCUT2D eigenvalue weighted by Gasteiger charge is 2.22. The molecule has 0 heterocycles. The summed E-state index contributed by atoms with van der Waals surface area (Å²) in [6, 6.07) is -1.09. The van der Waals surface area contributed by atoms with Crippen molar-refractivity contribution < 1.29 is 19.5 Å². The summed E-state index contributed by atoms with van der Waals surface area (Å²) in [5.74, 6) is -2.51. The largest absolute Gasteiger partial charge is 0.480 e. The molecule has 0 aliphatic carbocycles. The van der Waals surface area contributed by atoms with Gasteiger partial charge < -0.3 is 21.9 Å². The summed E-state index contributed by atoms with van der Waals surface area (Å²) < 4.78 is 0. The van der Waals surface area contributed by atoms with Crippen molar-refractivity contribution in [2.24, 2.45) is 17.4 Å². The molecular weight excluding hydrogens is 226 g/mol. The van der Waals surface area contributed by atoms with Crippen LogP contribution in [0.15, 0.2) is 0 Å². The van der Waals surface area contributed by atoms with E-state index in [1.807, 2.05) is 0 Å². The Hall–Kier alpha value is -1.63. The first-order valence-corrected chi connectivity index (χ1v) is 5.40. The van der Waals surface area contributed by atoms with Crippen LogP contribution in [0.5, 0.6) is 0 Å². The van der Waals surface area contributed by atoms with Crippen LogP contribution in [0.2, 0.25) is 0 Å². The first-order valence-electron chi connectivity index (χ1n) is 5.40. The van der Waals surface area contributed by atoms with Crippen LogP contribution in [0.3, 0.4) is 0 Å². The number of carboxylic acids is 1. The average Bonchev–Trinajstić information content (AvgIpc) is 2.23. The topological polar surface area (TPSA) is 136 Å². The van der Waals surface area contributed by atoms with Gasteiger partial charge in [0.2, 0.25) is 11.8 Å². The number of primary amides is 1. The average molecular weight is 245 g/mol. The van der Waals surface area contributed by atoms with Crippen molar-refractivity contribution in [3.05, 3.63) is 0 Å². The number of carbonyl (C=O) groups excluding carboxylic acids is 2. The molecule has 6 N–H and O–H groups in total. The molecule has 7 heteroatoms. The monoisotopic (exact) mass is 245 g/mol. The molecule has 0 fully saturated rings. The molecule has 2 amide bonds. The van der Waals surface area contributed by atoms with Crippen molar-refractivity contribution in [3.63, 3.8) is 0 Å². The highest BCUT2D eigenvalue weighted by atomic mass is 16.4. The van der Waals surface area contributed by atoms with E-state index in [0.29, 0.717) is 13.0 Å². The molecule has 0 bridgehead atoms. The van der Waals surface area contributed by atoms with Crippen LogP contribution in [0.4, 0.5) is 0 Å². The molecule has 0 aromatic rings. The van der Waals surface area contributed by atoms with Crippen molar-refractivity contribution in [3.8, 4) is 0 Å². The number of carbonyl (C=O) groups is 3. The minimum Gasteiger partial charge on any atom is -0.480 e. The Morgan fingerprint density at radius 1 is 1.29 bits per heavy atom. The smallest absolute Gasteiger partial charge is 0.326 e. The predicted molar refractivity (Wildman–Crippen MR) is 60.8 cm³/mol. The lowest BCUT2D eigenvalue weighted by Crippen LogP contribution is -2.43. The fraction of sp³-hybridized carbons (Fsp3) is 0.700. The number of hydrogen-bond donors (Lipinski definition) is 4. The van der Waals surface area contributed by atoms with Gasteiger partial charge in [-0.15, -0.1) is 0 Å². The minimum absolute atomic E-state index is 0.00818. The Morgan fingerprint density at radius 3 is 2.29 bits per heavy atom. The molecule has 0 aromatic carbocycles. The van der Waals surface area contributed by atoms with Crippen LogP contribution in [0.1, 0.15) is 26.2 Å². The molecule has 2 unspecified atom stereocenters. The Morgan fingerprint density at radius 2 is 1.88 bits per heavy atom. The summed E-state index contributed by atoms with van der Waals surface area (Å²) in [7, 11) is 0. The van der Waals surface area contributed by atoms with Crippen LogP contribution in [0.25, 0.3) is 0 Å². The van der Waals surface area contributed by atoms with E-state index in [9.17, 15) is 14.4 Å².